The molecule has 0 saturated carbocycles. The Morgan fingerprint density at radius 1 is 1.22 bits per heavy atom. The summed E-state index contributed by atoms with van der Waals surface area (Å²) in [4.78, 5) is 0. The van der Waals surface area contributed by atoms with Crippen molar-refractivity contribution in [3.8, 4) is 11.5 Å². The van der Waals surface area contributed by atoms with Crippen molar-refractivity contribution in [2.45, 2.75) is 6.92 Å². The van der Waals surface area contributed by atoms with Gasteiger partial charge in [0.25, 0.3) is 0 Å². The van der Waals surface area contributed by atoms with Crippen LogP contribution in [0, 0.1) is 12.7 Å². The van der Waals surface area contributed by atoms with Gasteiger partial charge >= 0.3 is 0 Å². The van der Waals surface area contributed by atoms with Gasteiger partial charge in [-0.15, -0.1) is 0 Å². The fraction of sp³-hybridized carbons (Fsp3) is 0.0769. The fourth-order valence-corrected chi connectivity index (χ4v) is 2.11. The summed E-state index contributed by atoms with van der Waals surface area (Å²) in [5.74, 6) is 0.424. The maximum absolute atomic E-state index is 13.2. The lowest BCUT2D eigenvalue weighted by molar-refractivity contribution is 0.479. The van der Waals surface area contributed by atoms with E-state index in [0.29, 0.717) is 11.5 Å². The van der Waals surface area contributed by atoms with Crippen LogP contribution in [0.4, 0.5) is 10.1 Å². The number of rotatable bonds is 2. The number of ether oxygens (including phenoxy) is 1. The van der Waals surface area contributed by atoms with Crippen molar-refractivity contribution >= 4 is 33.2 Å². The number of anilines is 1. The van der Waals surface area contributed by atoms with Crippen LogP contribution >= 0.6 is 27.5 Å². The van der Waals surface area contributed by atoms with Crippen LogP contribution in [0.1, 0.15) is 5.56 Å². The van der Waals surface area contributed by atoms with Crippen molar-refractivity contribution in [2.24, 2.45) is 0 Å². The molecule has 0 bridgehead atoms. The van der Waals surface area contributed by atoms with Gasteiger partial charge in [-0.1, -0.05) is 27.5 Å². The number of benzene rings is 2. The maximum atomic E-state index is 13.2. The molecule has 2 N–H and O–H groups in total. The molecule has 5 heteroatoms. The van der Waals surface area contributed by atoms with Gasteiger partial charge in [-0.3, -0.25) is 0 Å². The van der Waals surface area contributed by atoms with E-state index in [4.69, 9.17) is 22.1 Å². The zero-order valence-electron chi connectivity index (χ0n) is 9.51. The summed E-state index contributed by atoms with van der Waals surface area (Å²) in [6.45, 7) is 1.90. The molecule has 2 aromatic carbocycles. The molecule has 0 fully saturated rings. The minimum Gasteiger partial charge on any atom is -0.455 e. The number of aryl methyl sites for hydroxylation is 1. The predicted octanol–water partition coefficient (Wildman–Crippen LogP) is 4.92. The highest BCUT2D eigenvalue weighted by molar-refractivity contribution is 9.10. The normalized spacial score (nSPS) is 10.4. The van der Waals surface area contributed by atoms with E-state index < -0.39 is 5.82 Å². The third kappa shape index (κ3) is 2.76. The molecule has 2 rings (SSSR count). The molecule has 0 spiro atoms. The van der Waals surface area contributed by atoms with Gasteiger partial charge in [0.15, 0.2) is 5.75 Å². The van der Waals surface area contributed by atoms with Gasteiger partial charge in [-0.05, 0) is 30.7 Å². The van der Waals surface area contributed by atoms with E-state index in [-0.39, 0.29) is 10.7 Å². The van der Waals surface area contributed by atoms with E-state index in [1.165, 1.54) is 6.07 Å². The Bertz CT molecular complexity index is 604. The van der Waals surface area contributed by atoms with E-state index in [0.717, 1.165) is 16.1 Å². The van der Waals surface area contributed by atoms with Crippen molar-refractivity contribution in [2.75, 3.05) is 5.73 Å². The van der Waals surface area contributed by atoms with Gasteiger partial charge in [0.1, 0.15) is 11.6 Å². The number of hydrogen-bond donors (Lipinski definition) is 1. The molecular weight excluding hydrogens is 321 g/mol. The summed E-state index contributed by atoms with van der Waals surface area (Å²) >= 11 is 9.07. The minimum atomic E-state index is -0.561. The highest BCUT2D eigenvalue weighted by Gasteiger charge is 2.09. The molecular formula is C13H10BrClFNO. The van der Waals surface area contributed by atoms with Gasteiger partial charge < -0.3 is 10.5 Å². The minimum absolute atomic E-state index is 0.0195. The number of nitrogens with two attached hydrogens (primary N) is 1. The second-order valence-corrected chi connectivity index (χ2v) is 5.14. The molecule has 0 heterocycles. The van der Waals surface area contributed by atoms with Crippen molar-refractivity contribution < 1.29 is 9.13 Å². The Hall–Kier alpha value is -1.26. The third-order valence-electron chi connectivity index (χ3n) is 2.41. The molecule has 2 aromatic rings. The van der Waals surface area contributed by atoms with Crippen LogP contribution in [0.5, 0.6) is 11.5 Å². The quantitative estimate of drug-likeness (QED) is 0.793. The van der Waals surface area contributed by atoms with E-state index >= 15 is 0 Å². The van der Waals surface area contributed by atoms with Gasteiger partial charge in [-0.25, -0.2) is 4.39 Å². The van der Waals surface area contributed by atoms with Crippen LogP contribution < -0.4 is 10.5 Å². The summed E-state index contributed by atoms with van der Waals surface area (Å²) < 4.78 is 19.7. The molecule has 0 saturated heterocycles. The molecule has 0 aromatic heterocycles. The first-order chi connectivity index (χ1) is 8.47. The van der Waals surface area contributed by atoms with Crippen LogP contribution in [0.2, 0.25) is 5.02 Å². The first-order valence-corrected chi connectivity index (χ1v) is 6.33. The Kier molecular flexibility index (Phi) is 3.78. The van der Waals surface area contributed by atoms with Gasteiger partial charge in [0, 0.05) is 16.6 Å². The molecule has 0 aliphatic rings. The second-order valence-electron chi connectivity index (χ2n) is 3.82. The molecule has 0 radical (unpaired) electrons. The van der Waals surface area contributed by atoms with Gasteiger partial charge in [0.05, 0.1) is 10.7 Å². The van der Waals surface area contributed by atoms with Gasteiger partial charge in [0.2, 0.25) is 0 Å². The average Bonchev–Trinajstić information content (AvgIpc) is 2.29. The molecule has 2 nitrogen and oxygen atoms in total. The largest absolute Gasteiger partial charge is 0.455 e. The lowest BCUT2D eigenvalue weighted by Gasteiger charge is -2.11. The Morgan fingerprint density at radius 3 is 2.61 bits per heavy atom. The topological polar surface area (TPSA) is 35.2 Å². The molecule has 0 amide bonds. The summed E-state index contributed by atoms with van der Waals surface area (Å²) in [6, 6.07) is 8.08. The van der Waals surface area contributed by atoms with Crippen molar-refractivity contribution in [3.05, 3.63) is 51.2 Å². The first-order valence-electron chi connectivity index (χ1n) is 5.16. The highest BCUT2D eigenvalue weighted by Crippen LogP contribution is 2.34. The van der Waals surface area contributed by atoms with Crippen LogP contribution in [-0.4, -0.2) is 0 Å². The molecule has 0 unspecified atom stereocenters. The first kappa shape index (κ1) is 13.2. The highest BCUT2D eigenvalue weighted by atomic mass is 79.9. The molecule has 18 heavy (non-hydrogen) atoms. The number of hydrogen-bond acceptors (Lipinski definition) is 2. The van der Waals surface area contributed by atoms with E-state index in [1.54, 1.807) is 6.07 Å². The monoisotopic (exact) mass is 329 g/mol. The molecule has 0 aliphatic carbocycles. The van der Waals surface area contributed by atoms with Crippen LogP contribution in [0.3, 0.4) is 0 Å². The zero-order valence-corrected chi connectivity index (χ0v) is 11.8. The van der Waals surface area contributed by atoms with Crippen molar-refractivity contribution in [1.29, 1.82) is 0 Å². The Labute approximate surface area is 118 Å². The SMILES string of the molecule is Cc1cc(Br)ccc1Oc1cc(Cl)c(F)cc1N. The van der Waals surface area contributed by atoms with Crippen molar-refractivity contribution in [3.63, 3.8) is 0 Å². The summed E-state index contributed by atoms with van der Waals surface area (Å²) in [5, 5.41) is -0.0195. The molecule has 0 aliphatic heterocycles. The van der Waals surface area contributed by atoms with Crippen molar-refractivity contribution in [1.82, 2.24) is 0 Å². The Morgan fingerprint density at radius 2 is 1.94 bits per heavy atom. The summed E-state index contributed by atoms with van der Waals surface area (Å²) in [6.07, 6.45) is 0. The zero-order chi connectivity index (χ0) is 13.3. The van der Waals surface area contributed by atoms with Crippen LogP contribution in [0.25, 0.3) is 0 Å². The average molecular weight is 331 g/mol. The summed E-state index contributed by atoms with van der Waals surface area (Å²) in [5.41, 5.74) is 6.83. The summed E-state index contributed by atoms with van der Waals surface area (Å²) in [7, 11) is 0. The smallest absolute Gasteiger partial charge is 0.152 e. The maximum Gasteiger partial charge on any atom is 0.152 e. The lowest BCUT2D eigenvalue weighted by Crippen LogP contribution is -1.95. The fourth-order valence-electron chi connectivity index (χ4n) is 1.48. The van der Waals surface area contributed by atoms with Crippen LogP contribution in [-0.2, 0) is 0 Å². The standard InChI is InChI=1S/C13H10BrClFNO/c1-7-4-8(14)2-3-12(7)18-13-5-9(15)10(16)6-11(13)17/h2-6H,17H2,1H3. The van der Waals surface area contributed by atoms with E-state index in [9.17, 15) is 4.39 Å². The van der Waals surface area contributed by atoms with Gasteiger partial charge in [-0.2, -0.15) is 0 Å². The van der Waals surface area contributed by atoms with Crippen LogP contribution in [0.15, 0.2) is 34.8 Å². The number of nitrogen functional groups attached to an aromatic ring is 1. The lowest BCUT2D eigenvalue weighted by atomic mass is 10.2. The molecule has 0 atom stereocenters. The second kappa shape index (κ2) is 5.16. The third-order valence-corrected chi connectivity index (χ3v) is 3.19. The van der Waals surface area contributed by atoms with E-state index in [2.05, 4.69) is 15.9 Å². The predicted molar refractivity (Wildman–Crippen MR) is 74.8 cm³/mol. The molecule has 94 valence electrons. The number of halogens is 3. The Balaban J connectivity index is 2.37. The van der Waals surface area contributed by atoms with E-state index in [1.807, 2.05) is 19.1 Å².